The van der Waals surface area contributed by atoms with Crippen LogP contribution in [0, 0.1) is 0 Å². The van der Waals surface area contributed by atoms with Gasteiger partial charge in [0.1, 0.15) is 31.0 Å². The van der Waals surface area contributed by atoms with Crippen molar-refractivity contribution in [3.05, 3.63) is 12.2 Å². The monoisotopic (exact) mass is 416 g/mol. The molecule has 0 aromatic rings. The highest BCUT2D eigenvalue weighted by Crippen LogP contribution is 2.38. The molecule has 0 spiro atoms. The molecule has 29 heavy (non-hydrogen) atoms. The van der Waals surface area contributed by atoms with Crippen LogP contribution in [0.15, 0.2) is 12.2 Å². The molecule has 2 aliphatic rings. The van der Waals surface area contributed by atoms with Crippen LogP contribution < -0.4 is 0 Å². The van der Waals surface area contributed by atoms with Crippen LogP contribution in [0.1, 0.15) is 34.1 Å². The van der Waals surface area contributed by atoms with Crippen LogP contribution >= 0.6 is 0 Å². The Morgan fingerprint density at radius 3 is 2.38 bits per heavy atom. The maximum absolute atomic E-state index is 12.0. The molecule has 0 N–H and O–H groups in total. The van der Waals surface area contributed by atoms with Gasteiger partial charge in [-0.3, -0.25) is 9.59 Å². The van der Waals surface area contributed by atoms with E-state index in [-0.39, 0.29) is 19.6 Å². The molecule has 164 valence electrons. The Kier molecular flexibility index (Phi) is 8.14. The van der Waals surface area contributed by atoms with E-state index in [2.05, 4.69) is 0 Å². The zero-order chi connectivity index (χ0) is 21.6. The average molecular weight is 416 g/mol. The van der Waals surface area contributed by atoms with Crippen LogP contribution in [-0.2, 0) is 47.5 Å². The molecule has 2 saturated heterocycles. The zero-order valence-electron chi connectivity index (χ0n) is 17.2. The summed E-state index contributed by atoms with van der Waals surface area (Å²) in [4.78, 5) is 34.1. The highest BCUT2D eigenvalue weighted by Gasteiger charge is 2.55. The van der Waals surface area contributed by atoms with Gasteiger partial charge >= 0.3 is 17.9 Å². The molecule has 2 rings (SSSR count). The van der Waals surface area contributed by atoms with Crippen LogP contribution in [0.25, 0.3) is 0 Å². The standard InChI is InChI=1S/C19H28O10/c1-11(20)24-9-8-13(26-12(2)21)6-7-15(22)25-10-14-16-17(18(23-5)27-14)29-19(3,4)28-16/h6-7,13-14,16-18H,8-10H2,1-5H3/b7-6+/t13?,14-,16-,17-,18-/m1/s1. The summed E-state index contributed by atoms with van der Waals surface area (Å²) in [6.45, 7) is 6.09. The van der Waals surface area contributed by atoms with Gasteiger partial charge in [0, 0.05) is 33.5 Å². The van der Waals surface area contributed by atoms with E-state index >= 15 is 0 Å². The first-order chi connectivity index (χ1) is 13.6. The molecule has 0 saturated carbocycles. The highest BCUT2D eigenvalue weighted by molar-refractivity contribution is 5.82. The zero-order valence-corrected chi connectivity index (χ0v) is 17.2. The lowest BCUT2D eigenvalue weighted by Crippen LogP contribution is -2.33. The number of carbonyl (C=O) groups is 3. The molecule has 10 nitrogen and oxygen atoms in total. The SMILES string of the molecule is CO[C@@H]1O[C@H](COC(=O)/C=C/C(CCOC(C)=O)OC(C)=O)[C@H]2OC(C)(C)O[C@@H]12. The Morgan fingerprint density at radius 2 is 1.76 bits per heavy atom. The second-order valence-electron chi connectivity index (χ2n) is 7.11. The van der Waals surface area contributed by atoms with Crippen LogP contribution in [0.4, 0.5) is 0 Å². The van der Waals surface area contributed by atoms with E-state index < -0.39 is 54.4 Å². The number of hydrogen-bond acceptors (Lipinski definition) is 10. The molecule has 0 aromatic carbocycles. The number of carbonyl (C=O) groups excluding carboxylic acids is 3. The molecule has 2 heterocycles. The smallest absolute Gasteiger partial charge is 0.330 e. The molecule has 0 bridgehead atoms. The van der Waals surface area contributed by atoms with Crippen molar-refractivity contribution < 1.29 is 47.5 Å². The van der Waals surface area contributed by atoms with Crippen LogP contribution in [-0.4, -0.2) is 74.7 Å². The minimum atomic E-state index is -0.781. The lowest BCUT2D eigenvalue weighted by atomic mass is 10.1. The molecule has 2 aliphatic heterocycles. The van der Waals surface area contributed by atoms with Crippen LogP contribution in [0.3, 0.4) is 0 Å². The van der Waals surface area contributed by atoms with Crippen molar-refractivity contribution in [3.63, 3.8) is 0 Å². The van der Waals surface area contributed by atoms with Gasteiger partial charge in [-0.05, 0) is 19.9 Å². The number of methoxy groups -OCH3 is 1. The van der Waals surface area contributed by atoms with Gasteiger partial charge in [-0.1, -0.05) is 0 Å². The third-order valence-electron chi connectivity index (χ3n) is 4.20. The molecule has 5 atom stereocenters. The Balaban J connectivity index is 1.85. The molecule has 10 heteroatoms. The van der Waals surface area contributed by atoms with Crippen molar-refractivity contribution in [1.29, 1.82) is 0 Å². The van der Waals surface area contributed by atoms with Gasteiger partial charge in [-0.25, -0.2) is 4.79 Å². The van der Waals surface area contributed by atoms with E-state index in [4.69, 9.17) is 33.2 Å². The number of esters is 3. The maximum Gasteiger partial charge on any atom is 0.330 e. The number of fused-ring (bicyclic) bond motifs is 1. The lowest BCUT2D eigenvalue weighted by Gasteiger charge is -2.23. The van der Waals surface area contributed by atoms with E-state index in [1.807, 2.05) is 0 Å². The van der Waals surface area contributed by atoms with Crippen LogP contribution in [0.2, 0.25) is 0 Å². The quantitative estimate of drug-likeness (QED) is 0.304. The summed E-state index contributed by atoms with van der Waals surface area (Å²) in [6.07, 6.45) is 0.0194. The summed E-state index contributed by atoms with van der Waals surface area (Å²) in [6, 6.07) is 0. The molecule has 0 amide bonds. The Bertz CT molecular complexity index is 628. The van der Waals surface area contributed by atoms with Crippen molar-refractivity contribution in [2.24, 2.45) is 0 Å². The summed E-state index contributed by atoms with van der Waals surface area (Å²) < 4.78 is 37.6. The second-order valence-corrected chi connectivity index (χ2v) is 7.11. The largest absolute Gasteiger partial charge is 0.466 e. The van der Waals surface area contributed by atoms with Crippen molar-refractivity contribution >= 4 is 17.9 Å². The van der Waals surface area contributed by atoms with Crippen molar-refractivity contribution in [1.82, 2.24) is 0 Å². The van der Waals surface area contributed by atoms with E-state index in [1.165, 1.54) is 27.0 Å². The summed E-state index contributed by atoms with van der Waals surface area (Å²) >= 11 is 0. The van der Waals surface area contributed by atoms with Gasteiger partial charge in [0.15, 0.2) is 12.1 Å². The topological polar surface area (TPSA) is 116 Å². The predicted molar refractivity (Wildman–Crippen MR) is 96.4 cm³/mol. The van der Waals surface area contributed by atoms with E-state index in [9.17, 15) is 14.4 Å². The van der Waals surface area contributed by atoms with Crippen molar-refractivity contribution in [2.45, 2.75) is 70.6 Å². The van der Waals surface area contributed by atoms with Gasteiger partial charge < -0.3 is 33.2 Å². The minimum absolute atomic E-state index is 0.0528. The fourth-order valence-electron chi connectivity index (χ4n) is 3.09. The van der Waals surface area contributed by atoms with E-state index in [0.717, 1.165) is 6.08 Å². The molecular formula is C19H28O10. The summed E-state index contributed by atoms with van der Waals surface area (Å²) in [5.74, 6) is -2.39. The van der Waals surface area contributed by atoms with Gasteiger partial charge in [-0.2, -0.15) is 0 Å². The fourth-order valence-corrected chi connectivity index (χ4v) is 3.09. The molecular weight excluding hydrogens is 388 g/mol. The first-order valence-electron chi connectivity index (χ1n) is 9.30. The predicted octanol–water partition coefficient (Wildman–Crippen LogP) is 0.862. The molecule has 0 radical (unpaired) electrons. The third kappa shape index (κ3) is 7.07. The summed E-state index contributed by atoms with van der Waals surface area (Å²) in [5.41, 5.74) is 0. The fraction of sp³-hybridized carbons (Fsp3) is 0.737. The van der Waals surface area contributed by atoms with Gasteiger partial charge in [0.25, 0.3) is 0 Å². The summed E-state index contributed by atoms with van der Waals surface area (Å²) in [7, 11) is 1.50. The van der Waals surface area contributed by atoms with Crippen molar-refractivity contribution in [2.75, 3.05) is 20.3 Å². The number of rotatable bonds is 9. The lowest BCUT2D eigenvalue weighted by molar-refractivity contribution is -0.231. The summed E-state index contributed by atoms with van der Waals surface area (Å²) in [5, 5.41) is 0. The molecule has 1 unspecified atom stereocenters. The normalized spacial score (nSPS) is 28.7. The highest BCUT2D eigenvalue weighted by atomic mass is 16.8. The van der Waals surface area contributed by atoms with Gasteiger partial charge in [0.2, 0.25) is 0 Å². The Labute approximate surface area is 169 Å². The third-order valence-corrected chi connectivity index (χ3v) is 4.20. The average Bonchev–Trinajstić information content (AvgIpc) is 3.09. The van der Waals surface area contributed by atoms with Crippen molar-refractivity contribution in [3.8, 4) is 0 Å². The van der Waals surface area contributed by atoms with E-state index in [1.54, 1.807) is 13.8 Å². The first kappa shape index (κ1) is 23.3. The van der Waals surface area contributed by atoms with E-state index in [0.29, 0.717) is 0 Å². The van der Waals surface area contributed by atoms with Crippen LogP contribution in [0.5, 0.6) is 0 Å². The van der Waals surface area contributed by atoms with Gasteiger partial charge in [-0.15, -0.1) is 0 Å². The first-order valence-corrected chi connectivity index (χ1v) is 9.30. The molecule has 2 fully saturated rings. The Morgan fingerprint density at radius 1 is 1.07 bits per heavy atom. The molecule has 0 aliphatic carbocycles. The minimum Gasteiger partial charge on any atom is -0.466 e. The molecule has 0 aromatic heterocycles. The maximum atomic E-state index is 12.0. The number of ether oxygens (including phenoxy) is 7. The Hall–Kier alpha value is -2.01. The number of hydrogen-bond donors (Lipinski definition) is 0. The second kappa shape index (κ2) is 10.1. The van der Waals surface area contributed by atoms with Gasteiger partial charge in [0.05, 0.1) is 6.61 Å².